The van der Waals surface area contributed by atoms with Gasteiger partial charge in [0.05, 0.1) is 12.7 Å². The van der Waals surface area contributed by atoms with Crippen LogP contribution in [0.25, 0.3) is 0 Å². The van der Waals surface area contributed by atoms with E-state index in [4.69, 9.17) is 9.47 Å². The zero-order chi connectivity index (χ0) is 15.4. The zero-order valence-electron chi connectivity index (χ0n) is 12.9. The van der Waals surface area contributed by atoms with E-state index in [1.54, 1.807) is 6.20 Å². The van der Waals surface area contributed by atoms with Crippen LogP contribution in [0.2, 0.25) is 0 Å². The minimum Gasteiger partial charge on any atom is -0.474 e. The summed E-state index contributed by atoms with van der Waals surface area (Å²) in [7, 11) is 0. The van der Waals surface area contributed by atoms with Gasteiger partial charge in [-0.15, -0.1) is 0 Å². The first-order valence-electron chi connectivity index (χ1n) is 7.95. The normalized spacial score (nSPS) is 26.7. The van der Waals surface area contributed by atoms with E-state index in [-0.39, 0.29) is 24.2 Å². The lowest BCUT2D eigenvalue weighted by Crippen LogP contribution is -2.57. The average Bonchev–Trinajstić information content (AvgIpc) is 2.56. The van der Waals surface area contributed by atoms with Crippen LogP contribution in [0.3, 0.4) is 0 Å². The number of aromatic nitrogens is 1. The fraction of sp³-hybridized carbons (Fsp3) is 0.625. The number of rotatable bonds is 3. The molecule has 6 heteroatoms. The largest absolute Gasteiger partial charge is 0.474 e. The number of likely N-dealkylation sites (tertiary alicyclic amines) is 1. The number of piperidine rings is 1. The molecule has 0 aliphatic carbocycles. The van der Waals surface area contributed by atoms with Crippen LogP contribution in [0, 0.1) is 0 Å². The van der Waals surface area contributed by atoms with Gasteiger partial charge in [-0.1, -0.05) is 6.07 Å². The van der Waals surface area contributed by atoms with Crippen molar-refractivity contribution in [2.45, 2.75) is 38.0 Å². The number of hydrogen-bond acceptors (Lipinski definition) is 5. The van der Waals surface area contributed by atoms with E-state index < -0.39 is 0 Å². The molecule has 2 fully saturated rings. The Labute approximate surface area is 130 Å². The summed E-state index contributed by atoms with van der Waals surface area (Å²) in [4.78, 5) is 18.7. The molecule has 6 nitrogen and oxygen atoms in total. The molecule has 0 radical (unpaired) electrons. The fourth-order valence-electron chi connectivity index (χ4n) is 2.99. The summed E-state index contributed by atoms with van der Waals surface area (Å²) >= 11 is 0. The van der Waals surface area contributed by atoms with Crippen molar-refractivity contribution in [2.24, 2.45) is 0 Å². The Morgan fingerprint density at radius 1 is 1.41 bits per heavy atom. The summed E-state index contributed by atoms with van der Waals surface area (Å²) in [6.07, 6.45) is 3.47. The molecule has 0 spiro atoms. The maximum atomic E-state index is 12.6. The number of carbonyl (C=O) groups is 1. The zero-order valence-corrected chi connectivity index (χ0v) is 12.9. The molecule has 3 rings (SSSR count). The fourth-order valence-corrected chi connectivity index (χ4v) is 2.99. The summed E-state index contributed by atoms with van der Waals surface area (Å²) in [6, 6.07) is 5.43. The van der Waals surface area contributed by atoms with Gasteiger partial charge in [-0.25, -0.2) is 4.98 Å². The molecule has 1 aromatic heterocycles. The molecule has 1 amide bonds. The third-order valence-electron chi connectivity index (χ3n) is 4.26. The van der Waals surface area contributed by atoms with Crippen LogP contribution in [0.5, 0.6) is 5.88 Å². The molecule has 2 aliphatic heterocycles. The highest BCUT2D eigenvalue weighted by molar-refractivity contribution is 5.82. The maximum absolute atomic E-state index is 12.6. The van der Waals surface area contributed by atoms with Crippen molar-refractivity contribution in [3.05, 3.63) is 24.4 Å². The highest BCUT2D eigenvalue weighted by Gasteiger charge is 2.33. The molecule has 1 aromatic rings. The number of carbonyl (C=O) groups excluding carboxylic acids is 1. The highest BCUT2D eigenvalue weighted by atomic mass is 16.5. The van der Waals surface area contributed by atoms with Crippen molar-refractivity contribution >= 4 is 5.91 Å². The van der Waals surface area contributed by atoms with E-state index in [2.05, 4.69) is 10.3 Å². The lowest BCUT2D eigenvalue weighted by atomic mass is 10.0. The van der Waals surface area contributed by atoms with Gasteiger partial charge >= 0.3 is 0 Å². The SMILES string of the molecule is C[C@H]1OCCN[C@@H]1C(=O)N1CCC(Oc2ccccn2)CC1. The Kier molecular flexibility index (Phi) is 4.90. The van der Waals surface area contributed by atoms with Gasteiger partial charge in [0.1, 0.15) is 12.1 Å². The van der Waals surface area contributed by atoms with Crippen molar-refractivity contribution in [1.29, 1.82) is 0 Å². The van der Waals surface area contributed by atoms with Crippen molar-refractivity contribution in [2.75, 3.05) is 26.2 Å². The first-order chi connectivity index (χ1) is 10.7. The second kappa shape index (κ2) is 7.07. The van der Waals surface area contributed by atoms with Gasteiger partial charge in [0.2, 0.25) is 11.8 Å². The summed E-state index contributed by atoms with van der Waals surface area (Å²) in [5.74, 6) is 0.798. The Morgan fingerprint density at radius 2 is 2.23 bits per heavy atom. The van der Waals surface area contributed by atoms with E-state index in [9.17, 15) is 4.79 Å². The van der Waals surface area contributed by atoms with Crippen molar-refractivity contribution in [3.63, 3.8) is 0 Å². The molecule has 3 heterocycles. The predicted octanol–water partition coefficient (Wildman–Crippen LogP) is 0.828. The maximum Gasteiger partial charge on any atom is 0.242 e. The third-order valence-corrected chi connectivity index (χ3v) is 4.26. The Balaban J connectivity index is 1.50. The van der Waals surface area contributed by atoms with Crippen LogP contribution in [0.4, 0.5) is 0 Å². The van der Waals surface area contributed by atoms with Gasteiger partial charge in [0.15, 0.2) is 0 Å². The monoisotopic (exact) mass is 305 g/mol. The van der Waals surface area contributed by atoms with Gasteiger partial charge in [-0.05, 0) is 13.0 Å². The van der Waals surface area contributed by atoms with Crippen molar-refractivity contribution in [1.82, 2.24) is 15.2 Å². The van der Waals surface area contributed by atoms with Gasteiger partial charge in [0, 0.05) is 44.7 Å². The van der Waals surface area contributed by atoms with Crippen LogP contribution in [-0.2, 0) is 9.53 Å². The molecule has 22 heavy (non-hydrogen) atoms. The van der Waals surface area contributed by atoms with E-state index in [1.807, 2.05) is 30.0 Å². The quantitative estimate of drug-likeness (QED) is 0.896. The lowest BCUT2D eigenvalue weighted by Gasteiger charge is -2.37. The summed E-state index contributed by atoms with van der Waals surface area (Å²) in [6.45, 7) is 4.80. The van der Waals surface area contributed by atoms with Gasteiger partial charge in [-0.3, -0.25) is 4.79 Å². The van der Waals surface area contributed by atoms with E-state index >= 15 is 0 Å². The molecule has 120 valence electrons. The standard InChI is InChI=1S/C16H23N3O3/c1-12-15(18-8-11-21-12)16(20)19-9-5-13(6-10-19)22-14-4-2-3-7-17-14/h2-4,7,12-13,15,18H,5-6,8-11H2,1H3/t12-,15+/m1/s1. The molecule has 1 N–H and O–H groups in total. The molecule has 0 unspecified atom stereocenters. The number of nitrogens with zero attached hydrogens (tertiary/aromatic N) is 2. The second-order valence-corrected chi connectivity index (χ2v) is 5.82. The molecule has 0 saturated carbocycles. The topological polar surface area (TPSA) is 63.7 Å². The van der Waals surface area contributed by atoms with Crippen molar-refractivity contribution in [3.8, 4) is 5.88 Å². The number of amides is 1. The number of morpholine rings is 1. The first kappa shape index (κ1) is 15.2. The molecule has 2 atom stereocenters. The van der Waals surface area contributed by atoms with Crippen LogP contribution in [0.15, 0.2) is 24.4 Å². The molecular formula is C16H23N3O3. The smallest absolute Gasteiger partial charge is 0.242 e. The van der Waals surface area contributed by atoms with E-state index in [0.717, 1.165) is 32.5 Å². The molecule has 2 saturated heterocycles. The summed E-state index contributed by atoms with van der Waals surface area (Å²) < 4.78 is 11.4. The Bertz CT molecular complexity index is 489. The van der Waals surface area contributed by atoms with Gasteiger partial charge < -0.3 is 19.7 Å². The Hall–Kier alpha value is -1.66. The van der Waals surface area contributed by atoms with Crippen LogP contribution < -0.4 is 10.1 Å². The lowest BCUT2D eigenvalue weighted by molar-refractivity contribution is -0.141. The Morgan fingerprint density at radius 3 is 2.91 bits per heavy atom. The second-order valence-electron chi connectivity index (χ2n) is 5.82. The third kappa shape index (κ3) is 3.56. The first-order valence-corrected chi connectivity index (χ1v) is 7.95. The molecular weight excluding hydrogens is 282 g/mol. The molecule has 2 aliphatic rings. The van der Waals surface area contributed by atoms with Gasteiger partial charge in [-0.2, -0.15) is 0 Å². The number of ether oxygens (including phenoxy) is 2. The number of pyridine rings is 1. The average molecular weight is 305 g/mol. The summed E-state index contributed by atoms with van der Waals surface area (Å²) in [5, 5.41) is 3.26. The van der Waals surface area contributed by atoms with Crippen LogP contribution in [0.1, 0.15) is 19.8 Å². The number of hydrogen-bond donors (Lipinski definition) is 1. The van der Waals surface area contributed by atoms with Gasteiger partial charge in [0.25, 0.3) is 0 Å². The minimum absolute atomic E-state index is 0.0660. The molecule has 0 bridgehead atoms. The van der Waals surface area contributed by atoms with Crippen molar-refractivity contribution < 1.29 is 14.3 Å². The van der Waals surface area contributed by atoms with E-state index in [1.165, 1.54) is 0 Å². The van der Waals surface area contributed by atoms with Crippen LogP contribution in [-0.4, -0.2) is 60.3 Å². The van der Waals surface area contributed by atoms with E-state index in [0.29, 0.717) is 12.5 Å². The highest BCUT2D eigenvalue weighted by Crippen LogP contribution is 2.18. The predicted molar refractivity (Wildman–Crippen MR) is 81.7 cm³/mol. The minimum atomic E-state index is -0.220. The van der Waals surface area contributed by atoms with Crippen LogP contribution >= 0.6 is 0 Å². The summed E-state index contributed by atoms with van der Waals surface area (Å²) in [5.41, 5.74) is 0. The molecule has 0 aromatic carbocycles. The number of nitrogens with one attached hydrogen (secondary N) is 1.